The normalized spacial score (nSPS) is 15.7. The number of hydrogen-bond acceptors (Lipinski definition) is 3. The molecule has 0 bridgehead atoms. The van der Waals surface area contributed by atoms with Crippen LogP contribution in [0.1, 0.15) is 36.8 Å². The summed E-state index contributed by atoms with van der Waals surface area (Å²) in [5, 5.41) is 5.03. The second-order valence-electron chi connectivity index (χ2n) is 8.36. The van der Waals surface area contributed by atoms with Crippen LogP contribution in [0.25, 0.3) is 10.9 Å². The van der Waals surface area contributed by atoms with Crippen LogP contribution in [0.5, 0.6) is 0 Å². The molecule has 2 aromatic carbocycles. The van der Waals surface area contributed by atoms with Gasteiger partial charge in [-0.05, 0) is 49.2 Å². The van der Waals surface area contributed by atoms with Gasteiger partial charge in [0.15, 0.2) is 0 Å². The van der Waals surface area contributed by atoms with Gasteiger partial charge >= 0.3 is 0 Å². The van der Waals surface area contributed by atoms with Gasteiger partial charge in [-0.15, -0.1) is 0 Å². The average Bonchev–Trinajstić information content (AvgIpc) is 3.19. The first-order valence-corrected chi connectivity index (χ1v) is 11.9. The fourth-order valence-electron chi connectivity index (χ4n) is 4.56. The Balaban J connectivity index is 1.49. The number of benzene rings is 2. The fraction of sp³-hybridized carbons (Fsp3) is 0.423. The third-order valence-electron chi connectivity index (χ3n) is 6.25. The molecule has 0 spiro atoms. The van der Waals surface area contributed by atoms with Gasteiger partial charge in [0.2, 0.25) is 5.91 Å². The predicted octanol–water partition coefficient (Wildman–Crippen LogP) is 4.68. The Morgan fingerprint density at radius 1 is 1.16 bits per heavy atom. The van der Waals surface area contributed by atoms with E-state index < -0.39 is 0 Å². The lowest BCUT2D eigenvalue weighted by Crippen LogP contribution is -2.38. The van der Waals surface area contributed by atoms with Crippen molar-refractivity contribution < 1.29 is 9.53 Å². The smallest absolute Gasteiger partial charge is 0.220 e. The van der Waals surface area contributed by atoms with Gasteiger partial charge in [-0.25, -0.2) is 0 Å². The second-order valence-corrected chi connectivity index (χ2v) is 8.79. The highest BCUT2D eigenvalue weighted by Gasteiger charge is 2.23. The van der Waals surface area contributed by atoms with Gasteiger partial charge < -0.3 is 14.6 Å². The molecule has 1 atom stereocenters. The van der Waals surface area contributed by atoms with E-state index in [1.165, 1.54) is 16.5 Å². The molecular weight excluding hydrogens is 422 g/mol. The third kappa shape index (κ3) is 5.52. The number of ether oxygens (including phenoxy) is 1. The first kappa shape index (κ1) is 22.8. The largest absolute Gasteiger partial charge is 0.379 e. The van der Waals surface area contributed by atoms with Crippen molar-refractivity contribution in [1.82, 2.24) is 14.8 Å². The summed E-state index contributed by atoms with van der Waals surface area (Å²) in [6.45, 7) is 8.28. The van der Waals surface area contributed by atoms with Crippen LogP contribution < -0.4 is 5.32 Å². The van der Waals surface area contributed by atoms with Crippen molar-refractivity contribution >= 4 is 28.4 Å². The molecular formula is C26H32ClN3O2. The molecule has 32 heavy (non-hydrogen) atoms. The topological polar surface area (TPSA) is 46.5 Å². The van der Waals surface area contributed by atoms with Crippen molar-refractivity contribution in [2.45, 2.75) is 32.2 Å². The molecule has 0 saturated carbocycles. The van der Waals surface area contributed by atoms with E-state index in [0.29, 0.717) is 18.0 Å². The summed E-state index contributed by atoms with van der Waals surface area (Å²) >= 11 is 6.32. The number of halogens is 1. The number of hydrogen-bond donors (Lipinski definition) is 1. The number of carbonyl (C=O) groups excluding carboxylic acids is 1. The summed E-state index contributed by atoms with van der Waals surface area (Å²) in [6, 6.07) is 16.3. The minimum absolute atomic E-state index is 0.0503. The highest BCUT2D eigenvalue weighted by Crippen LogP contribution is 2.35. The number of nitrogens with one attached hydrogen (secondary N) is 1. The predicted molar refractivity (Wildman–Crippen MR) is 130 cm³/mol. The fourth-order valence-corrected chi connectivity index (χ4v) is 4.76. The van der Waals surface area contributed by atoms with Gasteiger partial charge in [0.25, 0.3) is 0 Å². The number of morpholine rings is 1. The Morgan fingerprint density at radius 3 is 2.75 bits per heavy atom. The van der Waals surface area contributed by atoms with Crippen LogP contribution in [0.4, 0.5) is 0 Å². The first-order chi connectivity index (χ1) is 15.7. The summed E-state index contributed by atoms with van der Waals surface area (Å²) in [6.07, 6.45) is 3.54. The number of amides is 1. The van der Waals surface area contributed by atoms with E-state index >= 15 is 0 Å². The number of fused-ring (bicyclic) bond motifs is 1. The molecule has 2 heterocycles. The Labute approximate surface area is 195 Å². The van der Waals surface area contributed by atoms with Crippen molar-refractivity contribution in [2.24, 2.45) is 0 Å². The molecule has 1 fully saturated rings. The van der Waals surface area contributed by atoms with Crippen molar-refractivity contribution in [3.8, 4) is 0 Å². The van der Waals surface area contributed by atoms with E-state index in [1.54, 1.807) is 0 Å². The van der Waals surface area contributed by atoms with Crippen LogP contribution in [0.2, 0.25) is 5.02 Å². The Morgan fingerprint density at radius 2 is 1.97 bits per heavy atom. The van der Waals surface area contributed by atoms with Crippen molar-refractivity contribution in [3.63, 3.8) is 0 Å². The van der Waals surface area contributed by atoms with E-state index in [1.807, 2.05) is 18.2 Å². The Kier molecular flexibility index (Phi) is 7.85. The van der Waals surface area contributed by atoms with Crippen molar-refractivity contribution in [3.05, 3.63) is 70.9 Å². The standard InChI is InChI=1S/C26H32ClN3O2/c1-2-30-19-24(22-9-3-4-10-25(22)30)23(20-7-5-8-21(27)17-20)18-26(31)28-11-6-12-29-13-15-32-16-14-29/h3-5,7-10,17,19,23H,2,6,11-16,18H2,1H3,(H,28,31)/t23-/m1/s1. The number of para-hydroxylation sites is 1. The lowest BCUT2D eigenvalue weighted by Gasteiger charge is -2.26. The van der Waals surface area contributed by atoms with Crippen LogP contribution in [-0.4, -0.2) is 54.8 Å². The number of aromatic nitrogens is 1. The lowest BCUT2D eigenvalue weighted by atomic mass is 9.88. The average molecular weight is 454 g/mol. The molecule has 0 aliphatic carbocycles. The zero-order valence-electron chi connectivity index (χ0n) is 18.7. The monoisotopic (exact) mass is 453 g/mol. The molecule has 1 N–H and O–H groups in total. The third-order valence-corrected chi connectivity index (χ3v) is 6.49. The minimum atomic E-state index is -0.0503. The Bertz CT molecular complexity index is 1040. The molecule has 5 nitrogen and oxygen atoms in total. The maximum absolute atomic E-state index is 13.0. The summed E-state index contributed by atoms with van der Waals surface area (Å²) in [7, 11) is 0. The molecule has 1 aliphatic rings. The molecule has 170 valence electrons. The SMILES string of the molecule is CCn1cc([C@H](CC(=O)NCCCN2CCOCC2)c2cccc(Cl)c2)c2ccccc21. The molecule has 0 radical (unpaired) electrons. The summed E-state index contributed by atoms with van der Waals surface area (Å²) < 4.78 is 7.65. The van der Waals surface area contributed by atoms with Gasteiger partial charge in [-0.1, -0.05) is 41.9 Å². The van der Waals surface area contributed by atoms with Gasteiger partial charge in [0.05, 0.1) is 13.2 Å². The molecule has 6 heteroatoms. The summed E-state index contributed by atoms with van der Waals surface area (Å²) in [4.78, 5) is 15.4. The van der Waals surface area contributed by atoms with Crippen LogP contribution >= 0.6 is 11.6 Å². The molecule has 4 rings (SSSR count). The highest BCUT2D eigenvalue weighted by molar-refractivity contribution is 6.30. The number of nitrogens with zero attached hydrogens (tertiary/aromatic N) is 2. The van der Waals surface area contributed by atoms with Crippen molar-refractivity contribution in [1.29, 1.82) is 0 Å². The zero-order chi connectivity index (χ0) is 22.3. The van der Waals surface area contributed by atoms with Crippen LogP contribution in [0.15, 0.2) is 54.7 Å². The highest BCUT2D eigenvalue weighted by atomic mass is 35.5. The Hall–Kier alpha value is -2.34. The van der Waals surface area contributed by atoms with E-state index in [0.717, 1.165) is 51.4 Å². The number of rotatable bonds is 9. The number of aryl methyl sites for hydroxylation is 1. The van der Waals surface area contributed by atoms with Crippen LogP contribution in [-0.2, 0) is 16.1 Å². The minimum Gasteiger partial charge on any atom is -0.379 e. The summed E-state index contributed by atoms with van der Waals surface area (Å²) in [5.74, 6) is 0.0240. The van der Waals surface area contributed by atoms with Crippen molar-refractivity contribution in [2.75, 3.05) is 39.4 Å². The molecule has 3 aromatic rings. The lowest BCUT2D eigenvalue weighted by molar-refractivity contribution is -0.121. The van der Waals surface area contributed by atoms with Gasteiger partial charge in [0, 0.05) is 60.6 Å². The first-order valence-electron chi connectivity index (χ1n) is 11.6. The second kappa shape index (κ2) is 11.0. The van der Waals surface area contributed by atoms with Gasteiger partial charge in [-0.3, -0.25) is 9.69 Å². The number of carbonyl (C=O) groups is 1. The summed E-state index contributed by atoms with van der Waals surface area (Å²) in [5.41, 5.74) is 3.44. The van der Waals surface area contributed by atoms with E-state index in [-0.39, 0.29) is 11.8 Å². The van der Waals surface area contributed by atoms with Crippen LogP contribution in [0.3, 0.4) is 0 Å². The van der Waals surface area contributed by atoms with Gasteiger partial charge in [-0.2, -0.15) is 0 Å². The molecule has 1 amide bonds. The van der Waals surface area contributed by atoms with Gasteiger partial charge in [0.1, 0.15) is 0 Å². The quantitative estimate of drug-likeness (QED) is 0.479. The van der Waals surface area contributed by atoms with E-state index in [4.69, 9.17) is 16.3 Å². The maximum Gasteiger partial charge on any atom is 0.220 e. The molecule has 0 unspecified atom stereocenters. The zero-order valence-corrected chi connectivity index (χ0v) is 19.5. The van der Waals surface area contributed by atoms with E-state index in [9.17, 15) is 4.79 Å². The molecule has 1 saturated heterocycles. The van der Waals surface area contributed by atoms with E-state index in [2.05, 4.69) is 58.2 Å². The maximum atomic E-state index is 13.0. The molecule has 1 aromatic heterocycles. The van der Waals surface area contributed by atoms with Crippen LogP contribution in [0, 0.1) is 0 Å². The molecule has 1 aliphatic heterocycles.